The Kier molecular flexibility index (Phi) is 3.80. The Morgan fingerprint density at radius 1 is 1.50 bits per heavy atom. The van der Waals surface area contributed by atoms with Crippen LogP contribution in [0.5, 0.6) is 0 Å². The molecule has 1 aliphatic carbocycles. The van der Waals surface area contributed by atoms with Crippen LogP contribution in [0.2, 0.25) is 0 Å². The van der Waals surface area contributed by atoms with Gasteiger partial charge in [0, 0.05) is 19.3 Å². The zero-order valence-corrected chi connectivity index (χ0v) is 9.21. The molecule has 14 heavy (non-hydrogen) atoms. The van der Waals surface area contributed by atoms with E-state index in [0.29, 0.717) is 13.0 Å². The summed E-state index contributed by atoms with van der Waals surface area (Å²) in [5, 5.41) is 8.66. The molecule has 2 atom stereocenters. The van der Waals surface area contributed by atoms with Crippen LogP contribution < -0.4 is 0 Å². The van der Waals surface area contributed by atoms with Crippen molar-refractivity contribution in [2.75, 3.05) is 25.6 Å². The van der Waals surface area contributed by atoms with E-state index in [1.54, 1.807) is 23.7 Å². The van der Waals surface area contributed by atoms with Gasteiger partial charge in [-0.2, -0.15) is 11.8 Å². The lowest BCUT2D eigenvalue weighted by atomic mass is 10.3. The van der Waals surface area contributed by atoms with Gasteiger partial charge in [0.25, 0.3) is 0 Å². The number of hydrogen-bond acceptors (Lipinski definition) is 3. The first kappa shape index (κ1) is 11.4. The number of rotatable bonds is 5. The van der Waals surface area contributed by atoms with Gasteiger partial charge in [0.2, 0.25) is 5.91 Å². The highest BCUT2D eigenvalue weighted by molar-refractivity contribution is 7.98. The second-order valence-corrected chi connectivity index (χ2v) is 4.53. The van der Waals surface area contributed by atoms with E-state index in [-0.39, 0.29) is 11.8 Å². The first-order valence-corrected chi connectivity index (χ1v) is 5.94. The number of carbonyl (C=O) groups is 2. The van der Waals surface area contributed by atoms with Crippen molar-refractivity contribution in [1.29, 1.82) is 0 Å². The van der Waals surface area contributed by atoms with Crippen LogP contribution in [0.1, 0.15) is 6.42 Å². The number of carbonyl (C=O) groups excluding carboxylic acids is 1. The average molecular weight is 217 g/mol. The van der Waals surface area contributed by atoms with Crippen LogP contribution in [-0.4, -0.2) is 47.5 Å². The number of thioether (sulfide) groups is 1. The molecule has 0 heterocycles. The van der Waals surface area contributed by atoms with Crippen LogP contribution in [0, 0.1) is 11.8 Å². The third kappa shape index (κ3) is 2.64. The Morgan fingerprint density at radius 3 is 2.57 bits per heavy atom. The maximum atomic E-state index is 11.6. The molecule has 0 radical (unpaired) electrons. The summed E-state index contributed by atoms with van der Waals surface area (Å²) in [6, 6.07) is 0. The molecule has 1 saturated carbocycles. The molecule has 0 saturated heterocycles. The fraction of sp³-hybridized carbons (Fsp3) is 0.778. The number of nitrogens with zero attached hydrogens (tertiary/aromatic N) is 1. The predicted molar refractivity (Wildman–Crippen MR) is 55.3 cm³/mol. The Balaban J connectivity index is 2.32. The number of amides is 1. The topological polar surface area (TPSA) is 57.6 Å². The smallest absolute Gasteiger partial charge is 0.307 e. The quantitative estimate of drug-likeness (QED) is 0.729. The maximum absolute atomic E-state index is 11.6. The molecule has 0 aromatic rings. The lowest BCUT2D eigenvalue weighted by Gasteiger charge is -2.15. The zero-order valence-electron chi connectivity index (χ0n) is 8.40. The average Bonchev–Trinajstić information content (AvgIpc) is 2.92. The molecule has 1 amide bonds. The Hall–Kier alpha value is -0.710. The first-order chi connectivity index (χ1) is 6.57. The summed E-state index contributed by atoms with van der Waals surface area (Å²) in [6.45, 7) is 0.697. The molecule has 1 rings (SSSR count). The summed E-state index contributed by atoms with van der Waals surface area (Å²) in [5.41, 5.74) is 0. The van der Waals surface area contributed by atoms with Crippen LogP contribution in [0.25, 0.3) is 0 Å². The van der Waals surface area contributed by atoms with Crippen molar-refractivity contribution in [3.63, 3.8) is 0 Å². The Morgan fingerprint density at radius 2 is 2.14 bits per heavy atom. The summed E-state index contributed by atoms with van der Waals surface area (Å²) in [4.78, 5) is 23.7. The van der Waals surface area contributed by atoms with Crippen molar-refractivity contribution >= 4 is 23.6 Å². The molecule has 0 aliphatic heterocycles. The SMILES string of the molecule is CSCCN(C)C(=O)C1CC1C(=O)O. The van der Waals surface area contributed by atoms with Crippen LogP contribution in [0.15, 0.2) is 0 Å². The number of hydrogen-bond donors (Lipinski definition) is 1. The molecule has 0 spiro atoms. The highest BCUT2D eigenvalue weighted by Crippen LogP contribution is 2.39. The summed E-state index contributed by atoms with van der Waals surface area (Å²) < 4.78 is 0. The fourth-order valence-corrected chi connectivity index (χ4v) is 1.82. The lowest BCUT2D eigenvalue weighted by Crippen LogP contribution is -2.31. The summed E-state index contributed by atoms with van der Waals surface area (Å²) in [6.07, 6.45) is 2.49. The lowest BCUT2D eigenvalue weighted by molar-refractivity contribution is -0.141. The van der Waals surface area contributed by atoms with Gasteiger partial charge in [-0.05, 0) is 12.7 Å². The van der Waals surface area contributed by atoms with Crippen LogP contribution in [-0.2, 0) is 9.59 Å². The van der Waals surface area contributed by atoms with Crippen molar-refractivity contribution in [1.82, 2.24) is 4.90 Å². The van der Waals surface area contributed by atoms with Gasteiger partial charge in [-0.3, -0.25) is 9.59 Å². The summed E-state index contributed by atoms with van der Waals surface area (Å²) >= 11 is 1.68. The van der Waals surface area contributed by atoms with Crippen molar-refractivity contribution < 1.29 is 14.7 Å². The Bertz CT molecular complexity index is 244. The fourth-order valence-electron chi connectivity index (χ4n) is 1.36. The van der Waals surface area contributed by atoms with Crippen molar-refractivity contribution in [2.45, 2.75) is 6.42 Å². The molecule has 0 aromatic heterocycles. The van der Waals surface area contributed by atoms with E-state index < -0.39 is 11.9 Å². The van der Waals surface area contributed by atoms with Gasteiger partial charge in [-0.25, -0.2) is 0 Å². The predicted octanol–water partition coefficient (Wildman–Crippen LogP) is 0.529. The number of aliphatic carboxylic acids is 1. The second-order valence-electron chi connectivity index (χ2n) is 3.54. The monoisotopic (exact) mass is 217 g/mol. The minimum atomic E-state index is -0.846. The summed E-state index contributed by atoms with van der Waals surface area (Å²) in [5.74, 6) is -0.668. The van der Waals surface area contributed by atoms with E-state index in [1.165, 1.54) is 0 Å². The standard InChI is InChI=1S/C9H15NO3S/c1-10(3-4-14-2)8(11)6-5-7(6)9(12)13/h6-7H,3-5H2,1-2H3,(H,12,13). The third-order valence-corrected chi connectivity index (χ3v) is 3.02. The molecule has 0 aromatic carbocycles. The molecule has 1 fully saturated rings. The van der Waals surface area contributed by atoms with Crippen molar-refractivity contribution in [3.05, 3.63) is 0 Å². The number of carboxylic acid groups (broad SMARTS) is 1. The zero-order chi connectivity index (χ0) is 10.7. The van der Waals surface area contributed by atoms with E-state index in [9.17, 15) is 9.59 Å². The Labute approximate surface area is 87.7 Å². The first-order valence-electron chi connectivity index (χ1n) is 4.54. The molecule has 80 valence electrons. The highest BCUT2D eigenvalue weighted by Gasteiger charge is 2.49. The van der Waals surface area contributed by atoms with Gasteiger partial charge >= 0.3 is 5.97 Å². The van der Waals surface area contributed by atoms with Gasteiger partial charge in [0.15, 0.2) is 0 Å². The van der Waals surface area contributed by atoms with E-state index >= 15 is 0 Å². The highest BCUT2D eigenvalue weighted by atomic mass is 32.2. The van der Waals surface area contributed by atoms with E-state index in [4.69, 9.17) is 5.11 Å². The van der Waals surface area contributed by atoms with Crippen LogP contribution in [0.3, 0.4) is 0 Å². The van der Waals surface area contributed by atoms with Crippen LogP contribution in [0.4, 0.5) is 0 Å². The molecule has 4 nitrogen and oxygen atoms in total. The van der Waals surface area contributed by atoms with Gasteiger partial charge < -0.3 is 10.0 Å². The largest absolute Gasteiger partial charge is 0.481 e. The maximum Gasteiger partial charge on any atom is 0.307 e. The molecule has 5 heteroatoms. The van der Waals surface area contributed by atoms with Crippen LogP contribution >= 0.6 is 11.8 Å². The van der Waals surface area contributed by atoms with E-state index in [0.717, 1.165) is 5.75 Å². The van der Waals surface area contributed by atoms with E-state index in [2.05, 4.69) is 0 Å². The second kappa shape index (κ2) is 4.68. The minimum absolute atomic E-state index is 0.0218. The summed E-state index contributed by atoms with van der Waals surface area (Å²) in [7, 11) is 1.73. The minimum Gasteiger partial charge on any atom is -0.481 e. The molecule has 1 N–H and O–H groups in total. The normalized spacial score (nSPS) is 24.4. The molecular formula is C9H15NO3S. The van der Waals surface area contributed by atoms with Gasteiger partial charge in [0.05, 0.1) is 11.8 Å². The van der Waals surface area contributed by atoms with Crippen molar-refractivity contribution in [2.24, 2.45) is 11.8 Å². The van der Waals surface area contributed by atoms with Crippen molar-refractivity contribution in [3.8, 4) is 0 Å². The molecular weight excluding hydrogens is 202 g/mol. The molecule has 0 bridgehead atoms. The van der Waals surface area contributed by atoms with Gasteiger partial charge in [-0.1, -0.05) is 0 Å². The third-order valence-electron chi connectivity index (χ3n) is 2.43. The van der Waals surface area contributed by atoms with Gasteiger partial charge in [-0.15, -0.1) is 0 Å². The van der Waals surface area contributed by atoms with E-state index in [1.807, 2.05) is 6.26 Å². The van der Waals surface area contributed by atoms with Gasteiger partial charge in [0.1, 0.15) is 0 Å². The molecule has 1 aliphatic rings. The molecule has 2 unspecified atom stereocenters. The number of carboxylic acids is 1.